The van der Waals surface area contributed by atoms with E-state index in [2.05, 4.69) is 0 Å². The molecule has 10 nitrogen and oxygen atoms in total. The zero-order chi connectivity index (χ0) is 17.3. The predicted octanol–water partition coefficient (Wildman–Crippen LogP) is -2.18. The average Bonchev–Trinajstić information content (AvgIpc) is 2.07. The van der Waals surface area contributed by atoms with Crippen molar-refractivity contribution in [3.8, 4) is 0 Å². The number of hydrogen-bond acceptors (Lipinski definition) is 8. The lowest BCUT2D eigenvalue weighted by Crippen LogP contribution is -2.40. The van der Waals surface area contributed by atoms with Crippen molar-refractivity contribution in [3.63, 3.8) is 0 Å². The average molecular weight is 386 g/mol. The van der Waals surface area contributed by atoms with Gasteiger partial charge in [-0.1, -0.05) is 7.42 Å². The summed E-state index contributed by atoms with van der Waals surface area (Å²) in [5.74, 6) is 0. The van der Waals surface area contributed by atoms with Crippen LogP contribution in [0, 0.1) is 0 Å². The summed E-state index contributed by atoms with van der Waals surface area (Å²) in [6.07, 6.45) is 2.41. The van der Waals surface area contributed by atoms with E-state index in [9.17, 15) is 33.7 Å². The second-order valence-corrected chi connectivity index (χ2v) is 12.5. The van der Waals surface area contributed by atoms with Crippen LogP contribution in [-0.2, 0) is 40.1 Å². The highest BCUT2D eigenvalue weighted by molar-refractivity contribution is 8.03. The van der Waals surface area contributed by atoms with Crippen molar-refractivity contribution in [3.05, 3.63) is 0 Å². The second-order valence-electron chi connectivity index (χ2n) is 4.40. The topological polar surface area (TPSA) is 143 Å². The SMILES string of the molecule is CS(=O)(=O)N(CCCN(S(C)(=O)=O)S(C)(=O)=O)S(C)(=O)=O. The van der Waals surface area contributed by atoms with E-state index in [1.165, 1.54) is 0 Å². The van der Waals surface area contributed by atoms with Crippen LogP contribution in [0.15, 0.2) is 0 Å². The number of nitrogens with zero attached hydrogens (tertiary/aromatic N) is 2. The van der Waals surface area contributed by atoms with Gasteiger partial charge in [0.1, 0.15) is 0 Å². The molecule has 0 saturated carbocycles. The summed E-state index contributed by atoms with van der Waals surface area (Å²) in [4.78, 5) is 0. The predicted molar refractivity (Wildman–Crippen MR) is 77.4 cm³/mol. The zero-order valence-electron chi connectivity index (χ0n) is 11.9. The maximum absolute atomic E-state index is 11.3. The maximum atomic E-state index is 11.3. The molecule has 0 amide bonds. The molecule has 0 heterocycles. The lowest BCUT2D eigenvalue weighted by molar-refractivity contribution is 0.469. The summed E-state index contributed by atoms with van der Waals surface area (Å²) in [5, 5.41) is 0. The van der Waals surface area contributed by atoms with Crippen molar-refractivity contribution in [1.29, 1.82) is 0 Å². The second kappa shape index (κ2) is 6.45. The minimum Gasteiger partial charge on any atom is -0.212 e. The Morgan fingerprint density at radius 3 is 0.857 bits per heavy atom. The Labute approximate surface area is 125 Å². The van der Waals surface area contributed by atoms with Gasteiger partial charge in [-0.3, -0.25) is 0 Å². The van der Waals surface area contributed by atoms with Crippen molar-refractivity contribution < 1.29 is 33.7 Å². The van der Waals surface area contributed by atoms with E-state index in [1.807, 2.05) is 0 Å². The molecule has 0 aromatic carbocycles. The fourth-order valence-electron chi connectivity index (χ4n) is 1.48. The first-order valence-corrected chi connectivity index (χ1v) is 12.7. The van der Waals surface area contributed by atoms with Gasteiger partial charge in [0, 0.05) is 13.1 Å². The van der Waals surface area contributed by atoms with E-state index >= 15 is 0 Å². The van der Waals surface area contributed by atoms with Gasteiger partial charge in [-0.15, -0.1) is 0 Å². The molecule has 0 saturated heterocycles. The molecule has 0 aromatic rings. The molecule has 21 heavy (non-hydrogen) atoms. The van der Waals surface area contributed by atoms with Gasteiger partial charge >= 0.3 is 0 Å². The van der Waals surface area contributed by atoms with Crippen LogP contribution in [0.4, 0.5) is 0 Å². The first-order chi connectivity index (χ1) is 8.97. The lowest BCUT2D eigenvalue weighted by Gasteiger charge is -2.20. The van der Waals surface area contributed by atoms with E-state index in [4.69, 9.17) is 0 Å². The largest absolute Gasteiger partial charge is 0.224 e. The van der Waals surface area contributed by atoms with E-state index < -0.39 is 53.2 Å². The zero-order valence-corrected chi connectivity index (χ0v) is 15.2. The Hall–Kier alpha value is -0.280. The molecule has 0 aliphatic carbocycles. The summed E-state index contributed by atoms with van der Waals surface area (Å²) in [6.45, 7) is -1.11. The third kappa shape index (κ3) is 7.01. The van der Waals surface area contributed by atoms with Gasteiger partial charge in [0.25, 0.3) is 0 Å². The highest BCUT2D eigenvalue weighted by Gasteiger charge is 2.29. The van der Waals surface area contributed by atoms with Gasteiger partial charge in [-0.25, -0.2) is 33.7 Å². The Morgan fingerprint density at radius 1 is 0.524 bits per heavy atom. The van der Waals surface area contributed by atoms with E-state index in [0.29, 0.717) is 25.0 Å². The van der Waals surface area contributed by atoms with Gasteiger partial charge in [0.15, 0.2) is 0 Å². The van der Waals surface area contributed by atoms with E-state index in [0.717, 1.165) is 0 Å². The van der Waals surface area contributed by atoms with Gasteiger partial charge in [0.05, 0.1) is 25.0 Å². The first kappa shape index (κ1) is 20.7. The first-order valence-electron chi connectivity index (χ1n) is 5.33. The maximum Gasteiger partial charge on any atom is 0.224 e. The molecule has 0 rings (SSSR count). The summed E-state index contributed by atoms with van der Waals surface area (Å²) in [7, 11) is -16.3. The van der Waals surface area contributed by atoms with Crippen LogP contribution in [0.5, 0.6) is 0 Å². The standard InChI is InChI=1S/C7H18N2O8S4/c1-18(10,11)8(19(2,12)13)6-5-7-9(20(3,14)15)21(4,16)17/h5-7H2,1-4H3. The molecule has 0 fully saturated rings. The van der Waals surface area contributed by atoms with Crippen LogP contribution in [0.1, 0.15) is 6.42 Å². The molecule has 0 spiro atoms. The molecule has 0 aliphatic heterocycles. The fraction of sp³-hybridized carbons (Fsp3) is 1.00. The molecule has 0 radical (unpaired) electrons. The van der Waals surface area contributed by atoms with Crippen LogP contribution < -0.4 is 0 Å². The highest BCUT2D eigenvalue weighted by Crippen LogP contribution is 2.10. The molecular formula is C7H18N2O8S4. The van der Waals surface area contributed by atoms with Crippen LogP contribution in [0.2, 0.25) is 0 Å². The van der Waals surface area contributed by atoms with Crippen LogP contribution in [0.25, 0.3) is 0 Å². The quantitative estimate of drug-likeness (QED) is 0.458. The van der Waals surface area contributed by atoms with Gasteiger partial charge in [0.2, 0.25) is 40.1 Å². The third-order valence-electron chi connectivity index (χ3n) is 2.16. The summed E-state index contributed by atoms with van der Waals surface area (Å²) < 4.78 is 91.1. The third-order valence-corrected chi connectivity index (χ3v) is 9.10. The van der Waals surface area contributed by atoms with Crippen LogP contribution in [-0.4, -0.2) is 79.2 Å². The Morgan fingerprint density at radius 2 is 0.714 bits per heavy atom. The normalized spacial score (nSPS) is 14.8. The molecule has 14 heteroatoms. The minimum absolute atomic E-state index is 0.183. The Kier molecular flexibility index (Phi) is 6.37. The molecule has 0 aliphatic rings. The summed E-state index contributed by atoms with van der Waals surface area (Å²) in [5.41, 5.74) is 0. The van der Waals surface area contributed by atoms with Gasteiger partial charge in [-0.05, 0) is 6.42 Å². The molecule has 0 N–H and O–H groups in total. The van der Waals surface area contributed by atoms with Crippen molar-refractivity contribution in [1.82, 2.24) is 7.42 Å². The lowest BCUT2D eigenvalue weighted by atomic mass is 10.4. The Balaban J connectivity index is 5.19. The molecular weight excluding hydrogens is 368 g/mol. The molecule has 0 unspecified atom stereocenters. The number of sulfonamides is 4. The van der Waals surface area contributed by atoms with Gasteiger partial charge in [-0.2, -0.15) is 0 Å². The van der Waals surface area contributed by atoms with E-state index in [1.54, 1.807) is 0 Å². The molecule has 0 aromatic heterocycles. The molecule has 128 valence electrons. The Bertz CT molecular complexity index is 646. The molecule has 0 bridgehead atoms. The number of rotatable bonds is 8. The summed E-state index contributed by atoms with van der Waals surface area (Å²) >= 11 is 0. The van der Waals surface area contributed by atoms with Crippen molar-refractivity contribution in [2.24, 2.45) is 0 Å². The van der Waals surface area contributed by atoms with Crippen molar-refractivity contribution >= 4 is 40.1 Å². The van der Waals surface area contributed by atoms with Crippen LogP contribution >= 0.6 is 0 Å². The summed E-state index contributed by atoms with van der Waals surface area (Å²) in [6, 6.07) is 0. The smallest absolute Gasteiger partial charge is 0.212 e. The number of hydrogen-bond donors (Lipinski definition) is 0. The van der Waals surface area contributed by atoms with Gasteiger partial charge < -0.3 is 0 Å². The highest BCUT2D eigenvalue weighted by atomic mass is 32.3. The van der Waals surface area contributed by atoms with E-state index in [-0.39, 0.29) is 13.8 Å². The molecule has 0 atom stereocenters. The van der Waals surface area contributed by atoms with Crippen LogP contribution in [0.3, 0.4) is 0 Å². The van der Waals surface area contributed by atoms with Crippen molar-refractivity contribution in [2.75, 3.05) is 38.1 Å². The fourth-order valence-corrected chi connectivity index (χ4v) is 7.26. The van der Waals surface area contributed by atoms with Crippen molar-refractivity contribution in [2.45, 2.75) is 6.42 Å². The monoisotopic (exact) mass is 386 g/mol. The minimum atomic E-state index is -4.06.